The van der Waals surface area contributed by atoms with Gasteiger partial charge in [-0.05, 0) is 26.0 Å². The van der Waals surface area contributed by atoms with Crippen molar-refractivity contribution in [2.45, 2.75) is 38.1 Å². The molecule has 0 saturated carbocycles. The third-order valence-corrected chi connectivity index (χ3v) is 8.09. The number of carboxylic acid groups (broad SMARTS) is 1. The summed E-state index contributed by atoms with van der Waals surface area (Å²) < 4.78 is 33.7. The number of aromatic amines is 1. The fourth-order valence-corrected chi connectivity index (χ4v) is 5.36. The van der Waals surface area contributed by atoms with Crippen LogP contribution in [0.25, 0.3) is 0 Å². The Kier molecular flexibility index (Phi) is 9.77. The van der Waals surface area contributed by atoms with E-state index in [2.05, 4.69) is 36.1 Å². The Morgan fingerprint density at radius 1 is 1.26 bits per heavy atom. The lowest BCUT2D eigenvalue weighted by Crippen LogP contribution is -2.74. The number of aromatic nitrogens is 3. The van der Waals surface area contributed by atoms with Crippen molar-refractivity contribution in [3.8, 4) is 5.75 Å². The zero-order valence-corrected chi connectivity index (χ0v) is 26.0. The molecule has 22 heteroatoms. The Morgan fingerprint density at radius 3 is 2.60 bits per heavy atom. The van der Waals surface area contributed by atoms with Crippen molar-refractivity contribution in [1.82, 2.24) is 29.9 Å². The van der Waals surface area contributed by atoms with E-state index in [1.54, 1.807) is 0 Å². The number of nitrogens with two attached hydrogens (primary N) is 1. The van der Waals surface area contributed by atoms with Crippen LogP contribution in [0, 0.1) is 0 Å². The number of thiazole rings is 1. The predicted molar refractivity (Wildman–Crippen MR) is 163 cm³/mol. The van der Waals surface area contributed by atoms with Crippen LogP contribution in [0.3, 0.4) is 0 Å². The van der Waals surface area contributed by atoms with Crippen molar-refractivity contribution in [3.63, 3.8) is 0 Å². The molecule has 3 amide bonds. The molecule has 1 saturated heterocycles. The molecule has 0 unspecified atom stereocenters. The van der Waals surface area contributed by atoms with Gasteiger partial charge in [0.15, 0.2) is 16.6 Å². The highest BCUT2D eigenvalue weighted by Gasteiger charge is 2.54. The molecule has 1 aliphatic rings. The molecule has 0 aliphatic carbocycles. The lowest BCUT2D eigenvalue weighted by atomic mass is 9.98. The molecular formula is C25H27N9O11S2. The molecule has 4 rings (SSSR count). The van der Waals surface area contributed by atoms with E-state index in [1.165, 1.54) is 23.7 Å². The number of anilines is 2. The van der Waals surface area contributed by atoms with Crippen molar-refractivity contribution in [2.75, 3.05) is 17.6 Å². The van der Waals surface area contributed by atoms with Crippen LogP contribution in [0.15, 0.2) is 45.9 Å². The topological polar surface area (TPSA) is 309 Å². The number of pyridine rings is 2. The molecule has 0 bridgehead atoms. The van der Waals surface area contributed by atoms with E-state index in [1.807, 2.05) is 0 Å². The van der Waals surface area contributed by atoms with Gasteiger partial charge in [0, 0.05) is 41.6 Å². The molecule has 4 heterocycles. The van der Waals surface area contributed by atoms with Crippen LogP contribution >= 0.6 is 11.3 Å². The van der Waals surface area contributed by atoms with Crippen LogP contribution < -0.4 is 27.1 Å². The highest BCUT2D eigenvalue weighted by atomic mass is 32.2. The van der Waals surface area contributed by atoms with Crippen molar-refractivity contribution in [1.29, 1.82) is 0 Å². The van der Waals surface area contributed by atoms with Crippen LogP contribution in [-0.2, 0) is 36.1 Å². The molecule has 1 fully saturated rings. The number of nitrogens with zero attached hydrogens (tertiary/aromatic N) is 4. The molecule has 2 atom stereocenters. The lowest BCUT2D eigenvalue weighted by Gasteiger charge is -2.44. The second-order valence-electron chi connectivity index (χ2n) is 10.2. The molecular weight excluding hydrogens is 666 g/mol. The Balaban J connectivity index is 1.49. The number of hydrogen-bond acceptors (Lipinski definition) is 15. The van der Waals surface area contributed by atoms with Gasteiger partial charge in [0.05, 0.1) is 12.6 Å². The SMILES string of the molecule is CC(C)(O/N=C(\C(=O)N[C@@H]1C(=O)N(S(=O)(=O)O)[C@@H]1CNc1cc(C(=O)NCc2cc(=O)c(O)c[nH]2)ccn1)c1csc(N)n1)C(=O)O. The van der Waals surface area contributed by atoms with Gasteiger partial charge in [-0.15, -0.1) is 11.3 Å². The Labute approximate surface area is 268 Å². The van der Waals surface area contributed by atoms with Gasteiger partial charge in [-0.2, -0.15) is 8.42 Å². The number of nitrogen functional groups attached to an aromatic ring is 1. The molecule has 0 aromatic carbocycles. The standard InChI is InChI=1S/C25H27N9O11S2/c1-25(2,23(40)41)45-33-18(13-10-46-24(26)31-13)21(38)32-19-14(34(22(19)39)47(42,43)44)8-29-17-5-11(3-4-27-17)20(37)30-7-12-6-15(35)16(36)9-28-12/h3-6,9-10,14,19,36H,7-8H2,1-2H3,(H2,26,31)(H,27,29)(H,28,35)(H,30,37)(H,32,38)(H,40,41)(H,42,43,44)/b33-18-/t14-,19+/m1/s1. The summed E-state index contributed by atoms with van der Waals surface area (Å²) in [6.45, 7) is 1.82. The number of carboxylic acids is 1. The largest absolute Gasteiger partial charge is 0.503 e. The van der Waals surface area contributed by atoms with Crippen molar-refractivity contribution < 1.29 is 47.2 Å². The molecule has 47 heavy (non-hydrogen) atoms. The minimum absolute atomic E-state index is 0.0241. The highest BCUT2D eigenvalue weighted by molar-refractivity contribution is 7.84. The number of nitrogens with one attached hydrogen (secondary N) is 4. The molecule has 3 aromatic rings. The second-order valence-corrected chi connectivity index (χ2v) is 12.4. The van der Waals surface area contributed by atoms with Crippen LogP contribution in [0.2, 0.25) is 0 Å². The first-order valence-electron chi connectivity index (χ1n) is 13.2. The number of carbonyl (C=O) groups excluding carboxylic acids is 3. The number of oxime groups is 1. The number of aromatic hydroxyl groups is 1. The van der Waals surface area contributed by atoms with Gasteiger partial charge in [-0.1, -0.05) is 5.16 Å². The zero-order chi connectivity index (χ0) is 34.7. The van der Waals surface area contributed by atoms with Gasteiger partial charge in [-0.25, -0.2) is 19.1 Å². The average molecular weight is 694 g/mol. The molecule has 1 aliphatic heterocycles. The van der Waals surface area contributed by atoms with Crippen molar-refractivity contribution >= 4 is 62.0 Å². The first-order chi connectivity index (χ1) is 22.0. The predicted octanol–water partition coefficient (Wildman–Crippen LogP) is -1.36. The second kappa shape index (κ2) is 13.4. The maximum Gasteiger partial charge on any atom is 0.362 e. The number of carbonyl (C=O) groups is 4. The summed E-state index contributed by atoms with van der Waals surface area (Å²) in [4.78, 5) is 77.4. The number of rotatable bonds is 13. The monoisotopic (exact) mass is 693 g/mol. The van der Waals surface area contributed by atoms with Gasteiger partial charge < -0.3 is 41.7 Å². The van der Waals surface area contributed by atoms with Gasteiger partial charge in [0.2, 0.25) is 11.0 Å². The number of H-pyrrole nitrogens is 1. The fraction of sp³-hybridized carbons (Fsp3) is 0.280. The van der Waals surface area contributed by atoms with E-state index >= 15 is 0 Å². The minimum atomic E-state index is -5.09. The summed E-state index contributed by atoms with van der Waals surface area (Å²) >= 11 is 0.923. The van der Waals surface area contributed by atoms with E-state index in [-0.39, 0.29) is 33.1 Å². The summed E-state index contributed by atoms with van der Waals surface area (Å²) in [6, 6.07) is 0.797. The number of β-lactam (4-membered cyclic amide) rings is 1. The van der Waals surface area contributed by atoms with Crippen LogP contribution in [0.4, 0.5) is 10.9 Å². The zero-order valence-electron chi connectivity index (χ0n) is 24.3. The first kappa shape index (κ1) is 34.3. The van der Waals surface area contributed by atoms with E-state index in [4.69, 9.17) is 10.6 Å². The third kappa shape index (κ3) is 7.98. The quantitative estimate of drug-likeness (QED) is 0.0444. The van der Waals surface area contributed by atoms with Gasteiger partial charge in [0.25, 0.3) is 17.7 Å². The maximum absolute atomic E-state index is 13.2. The Bertz CT molecular complexity index is 1920. The smallest absolute Gasteiger partial charge is 0.362 e. The average Bonchev–Trinajstić information content (AvgIpc) is 3.43. The minimum Gasteiger partial charge on any atom is -0.503 e. The van der Waals surface area contributed by atoms with Crippen LogP contribution in [0.5, 0.6) is 5.75 Å². The van der Waals surface area contributed by atoms with Crippen LogP contribution in [0.1, 0.15) is 35.6 Å². The van der Waals surface area contributed by atoms with Crippen molar-refractivity contribution in [3.05, 3.63) is 63.1 Å². The molecule has 0 spiro atoms. The Morgan fingerprint density at radius 2 is 1.98 bits per heavy atom. The van der Waals surface area contributed by atoms with E-state index < -0.39 is 75.1 Å². The van der Waals surface area contributed by atoms with E-state index in [0.717, 1.165) is 37.4 Å². The Hall–Kier alpha value is -5.61. The number of aliphatic carboxylic acids is 1. The summed E-state index contributed by atoms with van der Waals surface area (Å²) in [6.07, 6.45) is 2.33. The molecule has 0 radical (unpaired) electrons. The number of amides is 3. The van der Waals surface area contributed by atoms with Gasteiger partial charge >= 0.3 is 16.3 Å². The maximum atomic E-state index is 13.2. The molecule has 20 nitrogen and oxygen atoms in total. The molecule has 250 valence electrons. The molecule has 3 aromatic heterocycles. The summed E-state index contributed by atoms with van der Waals surface area (Å²) in [7, 11) is -5.09. The lowest BCUT2D eigenvalue weighted by molar-refractivity contribution is -0.161. The summed E-state index contributed by atoms with van der Waals surface area (Å²) in [5.41, 5.74) is 2.83. The summed E-state index contributed by atoms with van der Waals surface area (Å²) in [5, 5.41) is 31.2. The normalized spacial score (nSPS) is 16.6. The number of hydrogen-bond donors (Lipinski definition) is 8. The highest BCUT2D eigenvalue weighted by Crippen LogP contribution is 2.25. The summed E-state index contributed by atoms with van der Waals surface area (Å²) in [5.74, 6) is -4.76. The van der Waals surface area contributed by atoms with Gasteiger partial charge in [0.1, 0.15) is 17.6 Å². The first-order valence-corrected chi connectivity index (χ1v) is 15.5. The molecule has 9 N–H and O–H groups in total. The van der Waals surface area contributed by atoms with Gasteiger partial charge in [-0.3, -0.25) is 23.7 Å². The van der Waals surface area contributed by atoms with Crippen LogP contribution in [-0.4, -0.2) is 96.1 Å². The third-order valence-electron chi connectivity index (χ3n) is 6.47. The van der Waals surface area contributed by atoms with Crippen molar-refractivity contribution in [2.24, 2.45) is 5.16 Å². The van der Waals surface area contributed by atoms with E-state index in [9.17, 15) is 47.2 Å². The fourth-order valence-electron chi connectivity index (χ4n) is 3.93. The van der Waals surface area contributed by atoms with E-state index in [0.29, 0.717) is 5.69 Å².